The fourth-order valence-corrected chi connectivity index (χ4v) is 1.87. The quantitative estimate of drug-likeness (QED) is 0.781. The van der Waals surface area contributed by atoms with Gasteiger partial charge >= 0.3 is 0 Å². The Morgan fingerprint density at radius 3 is 2.19 bits per heavy atom. The van der Waals surface area contributed by atoms with E-state index in [0.29, 0.717) is 0 Å². The SMILES string of the molecule is COc1cc(C)c([C@H](C#N)C(C)=O)c(C)c1. The summed E-state index contributed by atoms with van der Waals surface area (Å²) < 4.78 is 5.14. The first-order valence-corrected chi connectivity index (χ1v) is 5.06. The van der Waals surface area contributed by atoms with E-state index in [-0.39, 0.29) is 5.78 Å². The van der Waals surface area contributed by atoms with Gasteiger partial charge in [0.2, 0.25) is 0 Å². The fraction of sp³-hybridized carbons (Fsp3) is 0.385. The number of rotatable bonds is 3. The second-order valence-corrected chi connectivity index (χ2v) is 3.85. The highest BCUT2D eigenvalue weighted by Gasteiger charge is 2.20. The molecule has 0 saturated carbocycles. The normalized spacial score (nSPS) is 11.7. The topological polar surface area (TPSA) is 50.1 Å². The van der Waals surface area contributed by atoms with Crippen LogP contribution in [0.15, 0.2) is 12.1 Å². The minimum Gasteiger partial charge on any atom is -0.497 e. The predicted octanol–water partition coefficient (Wildman–Crippen LogP) is 2.51. The first-order chi connectivity index (χ1) is 7.51. The first-order valence-electron chi connectivity index (χ1n) is 5.06. The maximum atomic E-state index is 11.4. The second-order valence-electron chi connectivity index (χ2n) is 3.85. The Hall–Kier alpha value is -1.82. The molecule has 0 aliphatic rings. The second kappa shape index (κ2) is 4.80. The van der Waals surface area contributed by atoms with E-state index in [0.717, 1.165) is 22.4 Å². The highest BCUT2D eigenvalue weighted by molar-refractivity contribution is 5.87. The Kier molecular flexibility index (Phi) is 3.68. The van der Waals surface area contributed by atoms with Crippen molar-refractivity contribution in [2.75, 3.05) is 7.11 Å². The molecule has 0 bridgehead atoms. The average molecular weight is 217 g/mol. The number of ketones is 1. The zero-order valence-electron chi connectivity index (χ0n) is 10.00. The van der Waals surface area contributed by atoms with E-state index in [9.17, 15) is 4.79 Å². The summed E-state index contributed by atoms with van der Waals surface area (Å²) >= 11 is 0. The van der Waals surface area contributed by atoms with Crippen molar-refractivity contribution >= 4 is 5.78 Å². The van der Waals surface area contributed by atoms with E-state index in [1.54, 1.807) is 7.11 Å². The first kappa shape index (κ1) is 12.3. The van der Waals surface area contributed by atoms with Gasteiger partial charge in [-0.25, -0.2) is 0 Å². The molecule has 1 rings (SSSR count). The molecule has 0 spiro atoms. The maximum absolute atomic E-state index is 11.4. The van der Waals surface area contributed by atoms with Gasteiger partial charge in [0.05, 0.1) is 13.2 Å². The largest absolute Gasteiger partial charge is 0.497 e. The van der Waals surface area contributed by atoms with Crippen molar-refractivity contribution in [2.24, 2.45) is 0 Å². The number of aryl methyl sites for hydroxylation is 2. The number of Topliss-reactive ketones (excluding diaryl/α,β-unsaturated/α-hetero) is 1. The molecule has 16 heavy (non-hydrogen) atoms. The Bertz CT molecular complexity index is 434. The van der Waals surface area contributed by atoms with Crippen LogP contribution in [0.1, 0.15) is 29.5 Å². The molecule has 84 valence electrons. The monoisotopic (exact) mass is 217 g/mol. The molecule has 3 heteroatoms. The van der Waals surface area contributed by atoms with Crippen LogP contribution in [0.2, 0.25) is 0 Å². The molecule has 0 amide bonds. The summed E-state index contributed by atoms with van der Waals surface area (Å²) in [6.07, 6.45) is 0. The lowest BCUT2D eigenvalue weighted by atomic mass is 9.89. The smallest absolute Gasteiger partial charge is 0.151 e. The van der Waals surface area contributed by atoms with Crippen molar-refractivity contribution in [3.8, 4) is 11.8 Å². The van der Waals surface area contributed by atoms with Gasteiger partial charge in [0.15, 0.2) is 5.78 Å². The Labute approximate surface area is 95.7 Å². The van der Waals surface area contributed by atoms with Crippen LogP contribution < -0.4 is 4.74 Å². The molecule has 0 unspecified atom stereocenters. The molecular formula is C13H15NO2. The van der Waals surface area contributed by atoms with E-state index >= 15 is 0 Å². The lowest BCUT2D eigenvalue weighted by molar-refractivity contribution is -0.117. The standard InChI is InChI=1S/C13H15NO2/c1-8-5-11(16-4)6-9(2)13(8)12(7-14)10(3)15/h5-6,12H,1-4H3/t12-/m1/s1. The minimum absolute atomic E-state index is 0.126. The van der Waals surface area contributed by atoms with Gasteiger partial charge in [-0.1, -0.05) is 0 Å². The third kappa shape index (κ3) is 2.22. The Morgan fingerprint density at radius 1 is 1.38 bits per heavy atom. The molecule has 0 radical (unpaired) electrons. The molecule has 0 aliphatic carbocycles. The Morgan fingerprint density at radius 2 is 1.88 bits per heavy atom. The van der Waals surface area contributed by atoms with Crippen molar-refractivity contribution in [1.29, 1.82) is 5.26 Å². The van der Waals surface area contributed by atoms with Crippen molar-refractivity contribution in [3.05, 3.63) is 28.8 Å². The summed E-state index contributed by atoms with van der Waals surface area (Å²) in [5.74, 6) is -0.0521. The van der Waals surface area contributed by atoms with Gasteiger partial charge < -0.3 is 4.74 Å². The summed E-state index contributed by atoms with van der Waals surface area (Å²) in [6.45, 7) is 5.22. The van der Waals surface area contributed by atoms with Crippen molar-refractivity contribution in [3.63, 3.8) is 0 Å². The van der Waals surface area contributed by atoms with Crippen LogP contribution >= 0.6 is 0 Å². The molecule has 1 atom stereocenters. The number of ether oxygens (including phenoxy) is 1. The van der Waals surface area contributed by atoms with Crippen molar-refractivity contribution in [1.82, 2.24) is 0 Å². The number of methoxy groups -OCH3 is 1. The summed E-state index contributed by atoms with van der Waals surface area (Å²) in [7, 11) is 1.60. The zero-order valence-corrected chi connectivity index (χ0v) is 10.00. The zero-order chi connectivity index (χ0) is 12.3. The average Bonchev–Trinajstić information content (AvgIpc) is 2.22. The minimum atomic E-state index is -0.675. The number of carbonyl (C=O) groups is 1. The van der Waals surface area contributed by atoms with Gasteiger partial charge in [-0.05, 0) is 49.6 Å². The summed E-state index contributed by atoms with van der Waals surface area (Å²) in [4.78, 5) is 11.4. The number of carbonyl (C=O) groups excluding carboxylic acids is 1. The van der Waals surface area contributed by atoms with Gasteiger partial charge in [-0.3, -0.25) is 4.79 Å². The molecule has 0 N–H and O–H groups in total. The molecule has 0 fully saturated rings. The van der Waals surface area contributed by atoms with Crippen LogP contribution in [-0.4, -0.2) is 12.9 Å². The Balaban J connectivity index is 3.35. The van der Waals surface area contributed by atoms with E-state index in [1.165, 1.54) is 6.92 Å². The molecule has 0 saturated heterocycles. The number of hydrogen-bond acceptors (Lipinski definition) is 3. The van der Waals surface area contributed by atoms with Gasteiger partial charge in [0, 0.05) is 0 Å². The highest BCUT2D eigenvalue weighted by atomic mass is 16.5. The summed E-state index contributed by atoms with van der Waals surface area (Å²) in [5, 5.41) is 9.02. The molecule has 0 aromatic heterocycles. The van der Waals surface area contributed by atoms with Gasteiger partial charge in [0.25, 0.3) is 0 Å². The van der Waals surface area contributed by atoms with Crippen LogP contribution in [0.25, 0.3) is 0 Å². The highest BCUT2D eigenvalue weighted by Crippen LogP contribution is 2.28. The third-order valence-corrected chi connectivity index (χ3v) is 2.63. The van der Waals surface area contributed by atoms with Crippen molar-refractivity contribution in [2.45, 2.75) is 26.7 Å². The van der Waals surface area contributed by atoms with Gasteiger partial charge in [-0.2, -0.15) is 5.26 Å². The van der Waals surface area contributed by atoms with Crippen LogP contribution in [0.5, 0.6) is 5.75 Å². The van der Waals surface area contributed by atoms with E-state index < -0.39 is 5.92 Å². The molecule has 1 aromatic carbocycles. The fourth-order valence-electron chi connectivity index (χ4n) is 1.87. The van der Waals surface area contributed by atoms with E-state index in [4.69, 9.17) is 10.00 Å². The molecule has 0 heterocycles. The number of nitrogens with zero attached hydrogens (tertiary/aromatic N) is 1. The predicted molar refractivity (Wildman–Crippen MR) is 61.5 cm³/mol. The lowest BCUT2D eigenvalue weighted by Gasteiger charge is -2.14. The molecular weight excluding hydrogens is 202 g/mol. The summed E-state index contributed by atoms with van der Waals surface area (Å²) in [6, 6.07) is 5.73. The van der Waals surface area contributed by atoms with E-state index in [1.807, 2.05) is 32.0 Å². The van der Waals surface area contributed by atoms with Crippen LogP contribution in [-0.2, 0) is 4.79 Å². The number of benzene rings is 1. The molecule has 1 aromatic rings. The van der Waals surface area contributed by atoms with Crippen LogP contribution in [0.3, 0.4) is 0 Å². The summed E-state index contributed by atoms with van der Waals surface area (Å²) in [5.41, 5.74) is 2.63. The maximum Gasteiger partial charge on any atom is 0.151 e. The van der Waals surface area contributed by atoms with Crippen LogP contribution in [0, 0.1) is 25.2 Å². The van der Waals surface area contributed by atoms with Gasteiger partial charge in [-0.15, -0.1) is 0 Å². The third-order valence-electron chi connectivity index (χ3n) is 2.63. The number of nitriles is 1. The van der Waals surface area contributed by atoms with Gasteiger partial charge in [0.1, 0.15) is 11.7 Å². The van der Waals surface area contributed by atoms with E-state index in [2.05, 4.69) is 0 Å². The van der Waals surface area contributed by atoms with Crippen molar-refractivity contribution < 1.29 is 9.53 Å². The molecule has 3 nitrogen and oxygen atoms in total. The van der Waals surface area contributed by atoms with Crippen LogP contribution in [0.4, 0.5) is 0 Å². The number of hydrogen-bond donors (Lipinski definition) is 0. The molecule has 0 aliphatic heterocycles. The lowest BCUT2D eigenvalue weighted by Crippen LogP contribution is -2.10.